The van der Waals surface area contributed by atoms with E-state index < -0.39 is 0 Å². The molecule has 0 aromatic heterocycles. The third-order valence-electron chi connectivity index (χ3n) is 4.09. The Balaban J connectivity index is 1.97. The Labute approximate surface area is 153 Å². The minimum absolute atomic E-state index is 0.0687. The lowest BCUT2D eigenvalue weighted by molar-refractivity contribution is 0.0773. The largest absolute Gasteiger partial charge is 0.339 e. The molecule has 0 unspecified atom stereocenters. The second kappa shape index (κ2) is 8.99. The van der Waals surface area contributed by atoms with Crippen molar-refractivity contribution in [3.8, 4) is 0 Å². The van der Waals surface area contributed by atoms with Crippen LogP contribution in [0.25, 0.3) is 0 Å². The summed E-state index contributed by atoms with van der Waals surface area (Å²) < 4.78 is 13.3. The molecular formula is C20H24FN3O2. The first-order valence-electron chi connectivity index (χ1n) is 8.63. The molecule has 26 heavy (non-hydrogen) atoms. The minimum Gasteiger partial charge on any atom is -0.339 e. The number of amides is 3. The molecule has 0 saturated carbocycles. The lowest BCUT2D eigenvalue weighted by atomic mass is 10.1. The zero-order valence-corrected chi connectivity index (χ0v) is 15.3. The van der Waals surface area contributed by atoms with Crippen molar-refractivity contribution in [3.63, 3.8) is 0 Å². The van der Waals surface area contributed by atoms with Crippen molar-refractivity contribution >= 4 is 17.6 Å². The number of hydrogen-bond donors (Lipinski definition) is 2. The highest BCUT2D eigenvalue weighted by molar-refractivity contribution is 5.96. The predicted octanol–water partition coefficient (Wildman–Crippen LogP) is 3.94. The Hall–Kier alpha value is -2.89. The number of carbonyl (C=O) groups is 2. The quantitative estimate of drug-likeness (QED) is 0.823. The van der Waals surface area contributed by atoms with Crippen molar-refractivity contribution < 1.29 is 14.0 Å². The van der Waals surface area contributed by atoms with Gasteiger partial charge in [0.15, 0.2) is 0 Å². The Kier molecular flexibility index (Phi) is 6.72. The van der Waals surface area contributed by atoms with Crippen molar-refractivity contribution in [2.75, 3.05) is 18.4 Å². The van der Waals surface area contributed by atoms with Crippen LogP contribution in [0.4, 0.5) is 14.9 Å². The molecule has 0 aliphatic heterocycles. The first-order valence-corrected chi connectivity index (χ1v) is 8.63. The van der Waals surface area contributed by atoms with Crippen LogP contribution in [0.15, 0.2) is 42.5 Å². The van der Waals surface area contributed by atoms with Gasteiger partial charge in [0.05, 0.1) is 0 Å². The fourth-order valence-corrected chi connectivity index (χ4v) is 2.60. The van der Waals surface area contributed by atoms with Crippen LogP contribution in [-0.4, -0.2) is 29.9 Å². The number of halogens is 1. The van der Waals surface area contributed by atoms with Crippen molar-refractivity contribution in [3.05, 3.63) is 65.0 Å². The summed E-state index contributed by atoms with van der Waals surface area (Å²) in [6.07, 6.45) is 0. The summed E-state index contributed by atoms with van der Waals surface area (Å²) in [5, 5.41) is 5.43. The number of anilines is 1. The number of aryl methyl sites for hydroxylation is 1. The van der Waals surface area contributed by atoms with E-state index in [1.54, 1.807) is 48.2 Å². The third-order valence-corrected chi connectivity index (χ3v) is 4.09. The fraction of sp³-hybridized carbons (Fsp3) is 0.300. The highest BCUT2D eigenvalue weighted by atomic mass is 19.1. The summed E-state index contributed by atoms with van der Waals surface area (Å²) in [7, 11) is 0. The maximum atomic E-state index is 13.3. The van der Waals surface area contributed by atoms with Crippen LogP contribution in [-0.2, 0) is 6.54 Å². The molecule has 0 fully saturated rings. The van der Waals surface area contributed by atoms with E-state index in [1.165, 1.54) is 6.07 Å². The van der Waals surface area contributed by atoms with Crippen LogP contribution in [0, 0.1) is 12.7 Å². The molecule has 138 valence electrons. The minimum atomic E-state index is -0.389. The van der Waals surface area contributed by atoms with Crippen molar-refractivity contribution in [2.24, 2.45) is 0 Å². The lowest BCUT2D eigenvalue weighted by Gasteiger charge is -2.19. The molecule has 2 aromatic rings. The number of rotatable bonds is 6. The number of hydrogen-bond acceptors (Lipinski definition) is 2. The van der Waals surface area contributed by atoms with Crippen LogP contribution in [0.5, 0.6) is 0 Å². The third kappa shape index (κ3) is 5.05. The Morgan fingerprint density at radius 3 is 2.46 bits per heavy atom. The summed E-state index contributed by atoms with van der Waals surface area (Å²) >= 11 is 0. The molecule has 0 atom stereocenters. The maximum absolute atomic E-state index is 13.3. The average molecular weight is 357 g/mol. The molecular weight excluding hydrogens is 333 g/mol. The van der Waals surface area contributed by atoms with Gasteiger partial charge in [-0.2, -0.15) is 0 Å². The standard InChI is InChI=1S/C20H24FN3O2/c1-4-24(5-2)19(25)16-7-6-8-17(12-16)23-20(26)22-13-15-9-10-18(21)14(3)11-15/h6-12H,4-5,13H2,1-3H3,(H2,22,23,26). The Bertz CT molecular complexity index is 788. The number of carbonyl (C=O) groups excluding carboxylic acids is 2. The van der Waals surface area contributed by atoms with Gasteiger partial charge in [-0.1, -0.05) is 18.2 Å². The second-order valence-corrected chi connectivity index (χ2v) is 5.95. The van der Waals surface area contributed by atoms with Gasteiger partial charge in [-0.25, -0.2) is 9.18 Å². The molecule has 3 amide bonds. The lowest BCUT2D eigenvalue weighted by Crippen LogP contribution is -2.31. The maximum Gasteiger partial charge on any atom is 0.319 e. The highest BCUT2D eigenvalue weighted by Gasteiger charge is 2.13. The molecule has 0 spiro atoms. The van der Waals surface area contributed by atoms with Gasteiger partial charge < -0.3 is 15.5 Å². The topological polar surface area (TPSA) is 61.4 Å². The molecule has 2 aromatic carbocycles. The predicted molar refractivity (Wildman–Crippen MR) is 101 cm³/mol. The van der Waals surface area contributed by atoms with E-state index in [2.05, 4.69) is 10.6 Å². The Morgan fingerprint density at radius 2 is 1.81 bits per heavy atom. The number of nitrogens with one attached hydrogen (secondary N) is 2. The summed E-state index contributed by atoms with van der Waals surface area (Å²) in [5.74, 6) is -0.339. The van der Waals surface area contributed by atoms with Gasteiger partial charge in [-0.15, -0.1) is 0 Å². The van der Waals surface area contributed by atoms with Gasteiger partial charge in [0.2, 0.25) is 0 Å². The van der Waals surface area contributed by atoms with Crippen LogP contribution < -0.4 is 10.6 Å². The van der Waals surface area contributed by atoms with Gasteiger partial charge in [-0.05, 0) is 56.2 Å². The number of benzene rings is 2. The molecule has 5 nitrogen and oxygen atoms in total. The molecule has 6 heteroatoms. The summed E-state index contributed by atoms with van der Waals surface area (Å²) in [6.45, 7) is 7.07. The molecule has 0 radical (unpaired) electrons. The summed E-state index contributed by atoms with van der Waals surface area (Å²) in [5.41, 5.74) is 2.41. The number of urea groups is 1. The molecule has 2 N–H and O–H groups in total. The number of nitrogens with zero attached hydrogens (tertiary/aromatic N) is 1. The molecule has 0 aliphatic carbocycles. The Morgan fingerprint density at radius 1 is 1.08 bits per heavy atom. The van der Waals surface area contributed by atoms with E-state index in [-0.39, 0.29) is 24.3 Å². The van der Waals surface area contributed by atoms with Gasteiger partial charge in [0.25, 0.3) is 5.91 Å². The first-order chi connectivity index (χ1) is 12.4. The summed E-state index contributed by atoms with van der Waals surface area (Å²) in [4.78, 5) is 26.2. The average Bonchev–Trinajstić information content (AvgIpc) is 2.64. The van der Waals surface area contributed by atoms with Crippen LogP contribution in [0.2, 0.25) is 0 Å². The second-order valence-electron chi connectivity index (χ2n) is 5.95. The molecule has 0 saturated heterocycles. The normalized spacial score (nSPS) is 10.3. The van der Waals surface area contributed by atoms with E-state index >= 15 is 0 Å². The van der Waals surface area contributed by atoms with E-state index in [4.69, 9.17) is 0 Å². The van der Waals surface area contributed by atoms with Gasteiger partial charge >= 0.3 is 6.03 Å². The highest BCUT2D eigenvalue weighted by Crippen LogP contribution is 2.13. The van der Waals surface area contributed by atoms with Gasteiger partial charge in [-0.3, -0.25) is 4.79 Å². The zero-order valence-electron chi connectivity index (χ0n) is 15.3. The van der Waals surface area contributed by atoms with E-state index in [0.29, 0.717) is 29.9 Å². The molecule has 0 bridgehead atoms. The van der Waals surface area contributed by atoms with Crippen molar-refractivity contribution in [1.82, 2.24) is 10.2 Å². The van der Waals surface area contributed by atoms with Crippen molar-refractivity contribution in [1.29, 1.82) is 0 Å². The van der Waals surface area contributed by atoms with Gasteiger partial charge in [0, 0.05) is 30.9 Å². The summed E-state index contributed by atoms with van der Waals surface area (Å²) in [6, 6.07) is 11.2. The van der Waals surface area contributed by atoms with E-state index in [1.807, 2.05) is 13.8 Å². The van der Waals surface area contributed by atoms with E-state index in [0.717, 1.165) is 5.56 Å². The molecule has 0 heterocycles. The monoisotopic (exact) mass is 357 g/mol. The zero-order chi connectivity index (χ0) is 19.1. The smallest absolute Gasteiger partial charge is 0.319 e. The SMILES string of the molecule is CCN(CC)C(=O)c1cccc(NC(=O)NCc2ccc(F)c(C)c2)c1. The van der Waals surface area contributed by atoms with Gasteiger partial charge in [0.1, 0.15) is 5.82 Å². The van der Waals surface area contributed by atoms with Crippen LogP contribution in [0.1, 0.15) is 35.3 Å². The van der Waals surface area contributed by atoms with Crippen molar-refractivity contribution in [2.45, 2.75) is 27.3 Å². The molecule has 0 aliphatic rings. The van der Waals surface area contributed by atoms with E-state index in [9.17, 15) is 14.0 Å². The van der Waals surface area contributed by atoms with Crippen LogP contribution in [0.3, 0.4) is 0 Å². The van der Waals surface area contributed by atoms with Crippen LogP contribution >= 0.6 is 0 Å². The first kappa shape index (κ1) is 19.4. The fourth-order valence-electron chi connectivity index (χ4n) is 2.60. The molecule has 2 rings (SSSR count).